The van der Waals surface area contributed by atoms with E-state index in [1.165, 1.54) is 17.7 Å². The molecule has 0 unspecified atom stereocenters. The molecule has 1 aliphatic rings. The summed E-state index contributed by atoms with van der Waals surface area (Å²) in [6.07, 6.45) is 5.39. The highest BCUT2D eigenvalue weighted by Gasteiger charge is 2.22. The Hall–Kier alpha value is -2.73. The minimum absolute atomic E-state index is 0.175. The lowest BCUT2D eigenvalue weighted by Gasteiger charge is -2.30. The van der Waals surface area contributed by atoms with Crippen molar-refractivity contribution >= 4 is 22.7 Å². The van der Waals surface area contributed by atoms with Crippen molar-refractivity contribution in [1.29, 1.82) is 0 Å². The number of rotatable bonds is 7. The lowest BCUT2D eigenvalue weighted by atomic mass is 9.91. The highest BCUT2D eigenvalue weighted by molar-refractivity contribution is 5.90. The molecule has 0 aliphatic heterocycles. The van der Waals surface area contributed by atoms with Gasteiger partial charge in [-0.2, -0.15) is 4.98 Å². The van der Waals surface area contributed by atoms with Gasteiger partial charge in [-0.1, -0.05) is 24.3 Å². The van der Waals surface area contributed by atoms with Gasteiger partial charge in [-0.25, -0.2) is 9.37 Å². The van der Waals surface area contributed by atoms with Crippen LogP contribution in [0.25, 0.3) is 10.9 Å². The van der Waals surface area contributed by atoms with Gasteiger partial charge in [0.15, 0.2) is 0 Å². The Morgan fingerprint density at radius 2 is 1.63 bits per heavy atom. The van der Waals surface area contributed by atoms with Gasteiger partial charge in [0.05, 0.1) is 5.52 Å². The summed E-state index contributed by atoms with van der Waals surface area (Å²) in [5.41, 5.74) is 2.14. The number of hydrogen-bond acceptors (Lipinski definition) is 5. The maximum absolute atomic E-state index is 13.0. The molecule has 2 N–H and O–H groups in total. The molecule has 6 heteroatoms. The standard InChI is InChI=1S/C24H30FN5/c1-30(2)23-21-5-3-4-6-22(21)28-24(29-23)27-20-13-11-19(12-14-20)26-16-15-17-7-9-18(25)10-8-17/h3-10,19-20,26H,11-16H2,1-2H3,(H,27,28,29)/t19-,20+. The topological polar surface area (TPSA) is 53.1 Å². The van der Waals surface area contributed by atoms with Crippen molar-refractivity contribution in [1.82, 2.24) is 15.3 Å². The summed E-state index contributed by atoms with van der Waals surface area (Å²) < 4.78 is 13.0. The minimum Gasteiger partial charge on any atom is -0.362 e. The molecule has 0 atom stereocenters. The van der Waals surface area contributed by atoms with Gasteiger partial charge in [-0.15, -0.1) is 0 Å². The third kappa shape index (κ3) is 5.05. The fourth-order valence-corrected chi connectivity index (χ4v) is 4.16. The highest BCUT2D eigenvalue weighted by Crippen LogP contribution is 2.26. The van der Waals surface area contributed by atoms with Crippen LogP contribution in [0, 0.1) is 5.82 Å². The summed E-state index contributed by atoms with van der Waals surface area (Å²) >= 11 is 0. The van der Waals surface area contributed by atoms with E-state index in [0.29, 0.717) is 18.0 Å². The van der Waals surface area contributed by atoms with Gasteiger partial charge in [0, 0.05) is 31.6 Å². The predicted molar refractivity (Wildman–Crippen MR) is 122 cm³/mol. The van der Waals surface area contributed by atoms with E-state index in [9.17, 15) is 4.39 Å². The van der Waals surface area contributed by atoms with Gasteiger partial charge in [0.1, 0.15) is 11.6 Å². The average Bonchev–Trinajstić information content (AvgIpc) is 2.76. The summed E-state index contributed by atoms with van der Waals surface area (Å²) in [6.45, 7) is 0.925. The van der Waals surface area contributed by atoms with Crippen molar-refractivity contribution in [3.05, 3.63) is 59.9 Å². The summed E-state index contributed by atoms with van der Waals surface area (Å²) in [5, 5.41) is 8.29. The number of nitrogens with one attached hydrogen (secondary N) is 2. The van der Waals surface area contributed by atoms with E-state index in [1.807, 2.05) is 49.3 Å². The maximum Gasteiger partial charge on any atom is 0.225 e. The molecule has 1 aliphatic carbocycles. The molecular formula is C24H30FN5. The lowest BCUT2D eigenvalue weighted by Crippen LogP contribution is -2.38. The van der Waals surface area contributed by atoms with Crippen LogP contribution in [0.3, 0.4) is 0 Å². The van der Waals surface area contributed by atoms with E-state index < -0.39 is 0 Å². The normalized spacial score (nSPS) is 19.0. The minimum atomic E-state index is -0.175. The molecule has 1 aromatic heterocycles. The number of anilines is 2. The molecule has 3 aromatic rings. The van der Waals surface area contributed by atoms with Crippen molar-refractivity contribution in [2.75, 3.05) is 30.9 Å². The zero-order valence-electron chi connectivity index (χ0n) is 17.7. The predicted octanol–water partition coefficient (Wildman–Crippen LogP) is 4.39. The Morgan fingerprint density at radius 1 is 0.933 bits per heavy atom. The van der Waals surface area contributed by atoms with Crippen LogP contribution in [0.15, 0.2) is 48.5 Å². The van der Waals surface area contributed by atoms with E-state index >= 15 is 0 Å². The third-order valence-corrected chi connectivity index (χ3v) is 5.83. The van der Waals surface area contributed by atoms with Crippen molar-refractivity contribution in [2.24, 2.45) is 0 Å². The van der Waals surface area contributed by atoms with E-state index in [4.69, 9.17) is 9.97 Å². The fourth-order valence-electron chi connectivity index (χ4n) is 4.16. The van der Waals surface area contributed by atoms with Crippen molar-refractivity contribution in [3.63, 3.8) is 0 Å². The zero-order chi connectivity index (χ0) is 20.9. The second-order valence-electron chi connectivity index (χ2n) is 8.31. The molecule has 0 spiro atoms. The molecule has 0 amide bonds. The first-order chi connectivity index (χ1) is 14.6. The summed E-state index contributed by atoms with van der Waals surface area (Å²) in [7, 11) is 4.03. The number of aromatic nitrogens is 2. The van der Waals surface area contributed by atoms with Crippen LogP contribution >= 0.6 is 0 Å². The van der Waals surface area contributed by atoms with Crippen molar-refractivity contribution in [2.45, 2.75) is 44.2 Å². The molecule has 5 nitrogen and oxygen atoms in total. The third-order valence-electron chi connectivity index (χ3n) is 5.83. The number of benzene rings is 2. The molecule has 4 rings (SSSR count). The molecular weight excluding hydrogens is 377 g/mol. The SMILES string of the molecule is CN(C)c1nc(N[C@H]2CC[C@@H](NCCc3ccc(F)cc3)CC2)nc2ccccc12. The maximum atomic E-state index is 13.0. The van der Waals surface area contributed by atoms with Crippen LogP contribution in [-0.4, -0.2) is 42.7 Å². The van der Waals surface area contributed by atoms with Gasteiger partial charge < -0.3 is 15.5 Å². The lowest BCUT2D eigenvalue weighted by molar-refractivity contribution is 0.355. The monoisotopic (exact) mass is 407 g/mol. The molecule has 1 fully saturated rings. The summed E-state index contributed by atoms with van der Waals surface area (Å²) in [5.74, 6) is 1.48. The molecule has 0 saturated heterocycles. The first-order valence-electron chi connectivity index (χ1n) is 10.8. The quantitative estimate of drug-likeness (QED) is 0.608. The largest absolute Gasteiger partial charge is 0.362 e. The Balaban J connectivity index is 1.29. The molecule has 2 aromatic carbocycles. The second-order valence-corrected chi connectivity index (χ2v) is 8.31. The van der Waals surface area contributed by atoms with E-state index in [0.717, 1.165) is 55.4 Å². The van der Waals surface area contributed by atoms with Gasteiger partial charge >= 0.3 is 0 Å². The van der Waals surface area contributed by atoms with Crippen LogP contribution in [0.5, 0.6) is 0 Å². The van der Waals surface area contributed by atoms with Crippen molar-refractivity contribution in [3.8, 4) is 0 Å². The Morgan fingerprint density at radius 3 is 2.37 bits per heavy atom. The molecule has 1 saturated carbocycles. The van der Waals surface area contributed by atoms with E-state index in [2.05, 4.69) is 16.7 Å². The highest BCUT2D eigenvalue weighted by atomic mass is 19.1. The first kappa shape index (κ1) is 20.5. The van der Waals surface area contributed by atoms with Gasteiger partial charge in [0.2, 0.25) is 5.95 Å². The van der Waals surface area contributed by atoms with Crippen LogP contribution in [-0.2, 0) is 6.42 Å². The Labute approximate surface area is 177 Å². The molecule has 0 bridgehead atoms. The van der Waals surface area contributed by atoms with Gasteiger partial charge in [-0.3, -0.25) is 0 Å². The number of halogens is 1. The van der Waals surface area contributed by atoms with Gasteiger partial charge in [-0.05, 0) is 68.5 Å². The second kappa shape index (κ2) is 9.39. The Bertz CT molecular complexity index is 965. The first-order valence-corrected chi connectivity index (χ1v) is 10.8. The van der Waals surface area contributed by atoms with E-state index in [1.54, 1.807) is 0 Å². The molecule has 158 valence electrons. The molecule has 0 radical (unpaired) electrons. The average molecular weight is 408 g/mol. The number of para-hydroxylation sites is 1. The fraction of sp³-hybridized carbons (Fsp3) is 0.417. The number of fused-ring (bicyclic) bond motifs is 1. The number of hydrogen-bond donors (Lipinski definition) is 2. The van der Waals surface area contributed by atoms with Crippen LogP contribution < -0.4 is 15.5 Å². The Kier molecular flexibility index (Phi) is 6.43. The van der Waals surface area contributed by atoms with Crippen LogP contribution in [0.1, 0.15) is 31.2 Å². The number of nitrogens with zero attached hydrogens (tertiary/aromatic N) is 3. The summed E-state index contributed by atoms with van der Waals surface area (Å²) in [6, 6.07) is 15.9. The van der Waals surface area contributed by atoms with E-state index in [-0.39, 0.29) is 5.82 Å². The molecule has 30 heavy (non-hydrogen) atoms. The summed E-state index contributed by atoms with van der Waals surface area (Å²) in [4.78, 5) is 11.5. The van der Waals surface area contributed by atoms with Crippen molar-refractivity contribution < 1.29 is 4.39 Å². The zero-order valence-corrected chi connectivity index (χ0v) is 17.7. The van der Waals surface area contributed by atoms with Gasteiger partial charge in [0.25, 0.3) is 0 Å². The van der Waals surface area contributed by atoms with Crippen LogP contribution in [0.2, 0.25) is 0 Å². The van der Waals surface area contributed by atoms with Crippen LogP contribution in [0.4, 0.5) is 16.2 Å². The molecule has 1 heterocycles. The smallest absolute Gasteiger partial charge is 0.225 e.